The molecule has 3 rings (SSSR count). The smallest absolute Gasteiger partial charge is 0.255 e. The molecular weight excluding hydrogens is 354 g/mol. The summed E-state index contributed by atoms with van der Waals surface area (Å²) < 4.78 is 5.87. The summed E-state index contributed by atoms with van der Waals surface area (Å²) in [5, 5.41) is 2.98. The van der Waals surface area contributed by atoms with E-state index in [9.17, 15) is 4.79 Å². The van der Waals surface area contributed by atoms with E-state index in [0.717, 1.165) is 11.3 Å². The molecule has 0 radical (unpaired) electrons. The van der Waals surface area contributed by atoms with Crippen LogP contribution in [0, 0.1) is 6.92 Å². The molecule has 3 aromatic rings. The lowest BCUT2D eigenvalue weighted by molar-refractivity contribution is 0.0951. The van der Waals surface area contributed by atoms with Crippen molar-refractivity contribution in [3.63, 3.8) is 0 Å². The number of hydrogen-bond acceptors (Lipinski definition) is 3. The van der Waals surface area contributed by atoms with Crippen LogP contribution in [0.5, 0.6) is 5.75 Å². The Morgan fingerprint density at radius 3 is 2.41 bits per heavy atom. The number of carbonyl (C=O) groups excluding carboxylic acids is 1. The largest absolute Gasteiger partial charge is 0.488 e. The van der Waals surface area contributed by atoms with Crippen molar-refractivity contribution in [2.75, 3.05) is 12.3 Å². The summed E-state index contributed by atoms with van der Waals surface area (Å²) in [7, 11) is 0. The zero-order valence-corrected chi connectivity index (χ0v) is 16.2. The minimum atomic E-state index is -0.108. The first kappa shape index (κ1) is 19.1. The van der Waals surface area contributed by atoms with E-state index in [1.54, 1.807) is 17.8 Å². The lowest BCUT2D eigenvalue weighted by Crippen LogP contribution is -2.26. The lowest BCUT2D eigenvalue weighted by atomic mass is 10.2. The van der Waals surface area contributed by atoms with Gasteiger partial charge < -0.3 is 10.1 Å². The van der Waals surface area contributed by atoms with Crippen molar-refractivity contribution < 1.29 is 9.53 Å². The van der Waals surface area contributed by atoms with Crippen LogP contribution in [0.4, 0.5) is 0 Å². The second-order valence-electron chi connectivity index (χ2n) is 6.19. The third-order valence-corrected chi connectivity index (χ3v) is 5.06. The van der Waals surface area contributed by atoms with Gasteiger partial charge in [-0.25, -0.2) is 0 Å². The number of hydrogen-bond donors (Lipinski definition) is 1. The van der Waals surface area contributed by atoms with Crippen molar-refractivity contribution >= 4 is 17.7 Å². The molecule has 0 aliphatic carbocycles. The summed E-state index contributed by atoms with van der Waals surface area (Å²) in [6.07, 6.45) is 0. The Kier molecular flexibility index (Phi) is 6.94. The maximum atomic E-state index is 12.5. The van der Waals surface area contributed by atoms with Gasteiger partial charge in [0.2, 0.25) is 0 Å². The Morgan fingerprint density at radius 2 is 1.63 bits per heavy atom. The summed E-state index contributed by atoms with van der Waals surface area (Å²) in [6, 6.07) is 25.7. The van der Waals surface area contributed by atoms with Crippen LogP contribution in [0.1, 0.15) is 21.5 Å². The fourth-order valence-corrected chi connectivity index (χ4v) is 3.35. The predicted octanol–water partition coefficient (Wildman–Crippen LogP) is 5.10. The fourth-order valence-electron chi connectivity index (χ4n) is 2.58. The first-order chi connectivity index (χ1) is 13.2. The Hall–Kier alpha value is -2.72. The second kappa shape index (κ2) is 9.83. The molecule has 1 N–H and O–H groups in total. The summed E-state index contributed by atoms with van der Waals surface area (Å²) in [5.74, 6) is 1.31. The van der Waals surface area contributed by atoms with Gasteiger partial charge in [0.05, 0.1) is 5.56 Å². The normalized spacial score (nSPS) is 10.4. The van der Waals surface area contributed by atoms with Gasteiger partial charge in [0.25, 0.3) is 5.91 Å². The zero-order chi connectivity index (χ0) is 18.9. The van der Waals surface area contributed by atoms with Gasteiger partial charge in [0, 0.05) is 17.2 Å². The number of para-hydroxylation sites is 1. The van der Waals surface area contributed by atoms with Crippen molar-refractivity contribution in [3.8, 4) is 5.75 Å². The van der Waals surface area contributed by atoms with Gasteiger partial charge in [-0.05, 0) is 36.8 Å². The highest BCUT2D eigenvalue weighted by Crippen LogP contribution is 2.20. The molecule has 0 aliphatic heterocycles. The van der Waals surface area contributed by atoms with Gasteiger partial charge in [-0.15, -0.1) is 11.8 Å². The van der Waals surface area contributed by atoms with E-state index in [1.807, 2.05) is 48.5 Å². The standard InChI is InChI=1S/C23H23NO2S/c1-18-11-13-20(14-12-18)27-16-15-24-23(25)21-9-5-6-10-22(21)26-17-19-7-3-2-4-8-19/h2-14H,15-17H2,1H3,(H,24,25). The van der Waals surface area contributed by atoms with E-state index in [4.69, 9.17) is 4.74 Å². The number of aryl methyl sites for hydroxylation is 1. The van der Waals surface area contributed by atoms with Gasteiger partial charge in [-0.1, -0.05) is 60.2 Å². The van der Waals surface area contributed by atoms with Crippen molar-refractivity contribution in [2.24, 2.45) is 0 Å². The molecule has 0 aliphatic rings. The number of ether oxygens (including phenoxy) is 1. The molecule has 0 atom stereocenters. The first-order valence-electron chi connectivity index (χ1n) is 8.96. The minimum absolute atomic E-state index is 0.108. The molecule has 138 valence electrons. The molecule has 3 aromatic carbocycles. The molecule has 4 heteroatoms. The molecular formula is C23H23NO2S. The van der Waals surface area contributed by atoms with Crippen molar-refractivity contribution in [1.29, 1.82) is 0 Å². The monoisotopic (exact) mass is 377 g/mol. The Balaban J connectivity index is 1.51. The molecule has 27 heavy (non-hydrogen) atoms. The summed E-state index contributed by atoms with van der Waals surface area (Å²) in [6.45, 7) is 3.12. The van der Waals surface area contributed by atoms with Crippen molar-refractivity contribution in [1.82, 2.24) is 5.32 Å². The first-order valence-corrected chi connectivity index (χ1v) is 9.94. The molecule has 0 saturated heterocycles. The number of nitrogens with one attached hydrogen (secondary N) is 1. The molecule has 0 heterocycles. The molecule has 0 fully saturated rings. The maximum Gasteiger partial charge on any atom is 0.255 e. The minimum Gasteiger partial charge on any atom is -0.488 e. The average molecular weight is 378 g/mol. The highest BCUT2D eigenvalue weighted by molar-refractivity contribution is 7.99. The van der Waals surface area contributed by atoms with Crippen LogP contribution in [0.2, 0.25) is 0 Å². The molecule has 1 amide bonds. The quantitative estimate of drug-likeness (QED) is 0.439. The van der Waals surface area contributed by atoms with E-state index in [-0.39, 0.29) is 5.91 Å². The van der Waals surface area contributed by atoms with E-state index in [1.165, 1.54) is 10.5 Å². The Morgan fingerprint density at radius 1 is 0.926 bits per heavy atom. The Labute approximate surface area is 164 Å². The summed E-state index contributed by atoms with van der Waals surface area (Å²) in [5.41, 5.74) is 2.88. The third kappa shape index (κ3) is 5.90. The van der Waals surface area contributed by atoms with Gasteiger partial charge in [0.15, 0.2) is 0 Å². The zero-order valence-electron chi connectivity index (χ0n) is 15.4. The maximum absolute atomic E-state index is 12.5. The van der Waals surface area contributed by atoms with Crippen LogP contribution >= 0.6 is 11.8 Å². The van der Waals surface area contributed by atoms with Crippen LogP contribution < -0.4 is 10.1 Å². The highest BCUT2D eigenvalue weighted by Gasteiger charge is 2.11. The SMILES string of the molecule is Cc1ccc(SCCNC(=O)c2ccccc2OCc2ccccc2)cc1. The van der Waals surface area contributed by atoms with Gasteiger partial charge >= 0.3 is 0 Å². The number of rotatable bonds is 8. The lowest BCUT2D eigenvalue weighted by Gasteiger charge is -2.12. The number of thioether (sulfide) groups is 1. The van der Waals surface area contributed by atoms with Gasteiger partial charge in [0.1, 0.15) is 12.4 Å². The Bertz CT molecular complexity index is 863. The fraction of sp³-hybridized carbons (Fsp3) is 0.174. The van der Waals surface area contributed by atoms with Crippen LogP contribution in [0.25, 0.3) is 0 Å². The summed E-state index contributed by atoms with van der Waals surface area (Å²) in [4.78, 5) is 13.7. The number of carbonyl (C=O) groups is 1. The molecule has 3 nitrogen and oxygen atoms in total. The topological polar surface area (TPSA) is 38.3 Å². The van der Waals surface area contributed by atoms with Crippen LogP contribution in [0.3, 0.4) is 0 Å². The van der Waals surface area contributed by atoms with Crippen LogP contribution in [0.15, 0.2) is 83.8 Å². The molecule has 0 bridgehead atoms. The van der Waals surface area contributed by atoms with E-state index in [0.29, 0.717) is 24.5 Å². The molecule has 0 spiro atoms. The van der Waals surface area contributed by atoms with E-state index >= 15 is 0 Å². The van der Waals surface area contributed by atoms with Gasteiger partial charge in [-0.2, -0.15) is 0 Å². The van der Waals surface area contributed by atoms with Gasteiger partial charge in [-0.3, -0.25) is 4.79 Å². The molecule has 0 unspecified atom stereocenters. The molecule has 0 aromatic heterocycles. The predicted molar refractivity (Wildman–Crippen MR) is 111 cm³/mol. The van der Waals surface area contributed by atoms with Crippen LogP contribution in [-0.2, 0) is 6.61 Å². The van der Waals surface area contributed by atoms with Crippen molar-refractivity contribution in [3.05, 3.63) is 95.6 Å². The number of benzene rings is 3. The second-order valence-corrected chi connectivity index (χ2v) is 7.36. The number of amides is 1. The van der Waals surface area contributed by atoms with E-state index in [2.05, 4.69) is 36.5 Å². The summed E-state index contributed by atoms with van der Waals surface area (Å²) >= 11 is 1.73. The van der Waals surface area contributed by atoms with Crippen LogP contribution in [-0.4, -0.2) is 18.2 Å². The third-order valence-electron chi connectivity index (χ3n) is 4.05. The average Bonchev–Trinajstić information content (AvgIpc) is 2.72. The van der Waals surface area contributed by atoms with E-state index < -0.39 is 0 Å². The molecule has 0 saturated carbocycles. The highest BCUT2D eigenvalue weighted by atomic mass is 32.2. The van der Waals surface area contributed by atoms with Crippen molar-refractivity contribution in [2.45, 2.75) is 18.4 Å².